The minimum absolute atomic E-state index is 0.102. The molecule has 0 saturated carbocycles. The van der Waals surface area contributed by atoms with E-state index in [1.165, 1.54) is 0 Å². The van der Waals surface area contributed by atoms with E-state index >= 15 is 0 Å². The van der Waals surface area contributed by atoms with Gasteiger partial charge in [-0.1, -0.05) is 27.7 Å². The second kappa shape index (κ2) is 6.41. The van der Waals surface area contributed by atoms with E-state index in [0.29, 0.717) is 24.4 Å². The van der Waals surface area contributed by atoms with E-state index in [-0.39, 0.29) is 5.54 Å². The van der Waals surface area contributed by atoms with Gasteiger partial charge in [0.1, 0.15) is 0 Å². The maximum Gasteiger partial charge on any atom is 0.191 e. The molecule has 0 unspecified atom stereocenters. The predicted octanol–water partition coefficient (Wildman–Crippen LogP) is 2.09. The third-order valence-electron chi connectivity index (χ3n) is 3.48. The van der Waals surface area contributed by atoms with E-state index in [9.17, 15) is 0 Å². The maximum atomic E-state index is 6.07. The van der Waals surface area contributed by atoms with Crippen LogP contribution in [0.1, 0.15) is 40.5 Å². The quantitative estimate of drug-likeness (QED) is 0.758. The van der Waals surface area contributed by atoms with Crippen LogP contribution in [-0.4, -0.2) is 43.2 Å². The second-order valence-electron chi connectivity index (χ2n) is 6.24. The van der Waals surface area contributed by atoms with Gasteiger partial charge in [0.05, 0.1) is 18.7 Å². The Bertz CT molecular complexity index is 277. The molecule has 0 aromatic carbocycles. The topological polar surface area (TPSA) is 50.9 Å². The zero-order valence-corrected chi connectivity index (χ0v) is 12.6. The monoisotopic (exact) mass is 255 g/mol. The van der Waals surface area contributed by atoms with E-state index in [1.54, 1.807) is 7.11 Å². The average Bonchev–Trinajstić information content (AvgIpc) is 2.51. The summed E-state index contributed by atoms with van der Waals surface area (Å²) in [6, 6.07) is 0. The maximum absolute atomic E-state index is 6.07. The zero-order valence-electron chi connectivity index (χ0n) is 12.6. The van der Waals surface area contributed by atoms with Crippen molar-refractivity contribution in [1.82, 2.24) is 4.90 Å². The molecule has 4 nitrogen and oxygen atoms in total. The van der Waals surface area contributed by atoms with E-state index in [4.69, 9.17) is 10.5 Å². The largest absolute Gasteiger partial charge is 0.383 e. The van der Waals surface area contributed by atoms with Crippen LogP contribution >= 0.6 is 0 Å². The molecule has 2 N–H and O–H groups in total. The van der Waals surface area contributed by atoms with Gasteiger partial charge in [-0.3, -0.25) is 4.99 Å². The van der Waals surface area contributed by atoms with Gasteiger partial charge in [0, 0.05) is 13.7 Å². The molecular weight excluding hydrogens is 226 g/mol. The first kappa shape index (κ1) is 15.3. The smallest absolute Gasteiger partial charge is 0.191 e. The molecule has 0 aromatic heterocycles. The summed E-state index contributed by atoms with van der Waals surface area (Å²) in [6.45, 7) is 11.4. The van der Waals surface area contributed by atoms with Crippen LogP contribution < -0.4 is 5.73 Å². The van der Waals surface area contributed by atoms with Gasteiger partial charge in [0.15, 0.2) is 5.96 Å². The molecule has 1 heterocycles. The van der Waals surface area contributed by atoms with Gasteiger partial charge < -0.3 is 15.4 Å². The third kappa shape index (κ3) is 3.61. The third-order valence-corrected chi connectivity index (χ3v) is 3.48. The van der Waals surface area contributed by atoms with E-state index in [0.717, 1.165) is 25.9 Å². The normalized spacial score (nSPS) is 18.8. The van der Waals surface area contributed by atoms with Crippen molar-refractivity contribution >= 4 is 5.96 Å². The molecule has 0 bridgehead atoms. The van der Waals surface area contributed by atoms with Crippen LogP contribution in [0.25, 0.3) is 0 Å². The molecule has 0 aliphatic carbocycles. The number of aliphatic imine (C=N–C) groups is 1. The number of hydrogen-bond donors (Lipinski definition) is 1. The second-order valence-corrected chi connectivity index (χ2v) is 6.24. The van der Waals surface area contributed by atoms with E-state index in [2.05, 4.69) is 37.6 Å². The summed E-state index contributed by atoms with van der Waals surface area (Å²) in [7, 11) is 1.73. The molecule has 1 aliphatic rings. The minimum atomic E-state index is 0.102. The molecule has 4 heteroatoms. The van der Waals surface area contributed by atoms with Crippen LogP contribution in [0.4, 0.5) is 0 Å². The van der Waals surface area contributed by atoms with Crippen molar-refractivity contribution in [3.63, 3.8) is 0 Å². The van der Waals surface area contributed by atoms with Gasteiger partial charge >= 0.3 is 0 Å². The molecule has 0 saturated heterocycles. The standard InChI is InChI=1S/C14H29N3O/c1-11(2)8-14(9-12(3)4)10-16-13(15)17(14)6-7-18-5/h11-12H,6-10H2,1-5H3,(H2,15,16). The van der Waals surface area contributed by atoms with Crippen molar-refractivity contribution in [3.8, 4) is 0 Å². The molecule has 0 spiro atoms. The summed E-state index contributed by atoms with van der Waals surface area (Å²) in [4.78, 5) is 6.77. The molecule has 0 radical (unpaired) electrons. The lowest BCUT2D eigenvalue weighted by molar-refractivity contribution is 0.0982. The first-order chi connectivity index (χ1) is 8.41. The summed E-state index contributed by atoms with van der Waals surface area (Å²) in [6.07, 6.45) is 2.28. The highest BCUT2D eigenvalue weighted by atomic mass is 16.5. The summed E-state index contributed by atoms with van der Waals surface area (Å²) in [5, 5.41) is 0. The number of ether oxygens (including phenoxy) is 1. The molecule has 0 aromatic rings. The molecule has 0 fully saturated rings. The SMILES string of the molecule is COCCN1C(N)=NCC1(CC(C)C)CC(C)C. The lowest BCUT2D eigenvalue weighted by atomic mass is 9.81. The van der Waals surface area contributed by atoms with Crippen LogP contribution in [0.3, 0.4) is 0 Å². The molecular formula is C14H29N3O. The number of guanidine groups is 1. The Morgan fingerprint density at radius 1 is 1.28 bits per heavy atom. The van der Waals surface area contributed by atoms with Crippen LogP contribution in [0.15, 0.2) is 4.99 Å². The fourth-order valence-corrected chi connectivity index (χ4v) is 3.13. The zero-order chi connectivity index (χ0) is 13.8. The van der Waals surface area contributed by atoms with E-state index < -0.39 is 0 Å². The Morgan fingerprint density at radius 2 is 1.83 bits per heavy atom. The average molecular weight is 255 g/mol. The predicted molar refractivity (Wildman–Crippen MR) is 76.7 cm³/mol. The molecule has 0 atom stereocenters. The van der Waals surface area contributed by atoms with E-state index in [1.807, 2.05) is 0 Å². The van der Waals surface area contributed by atoms with Gasteiger partial charge in [0.25, 0.3) is 0 Å². The summed E-state index contributed by atoms with van der Waals surface area (Å²) < 4.78 is 5.20. The Labute approximate surface area is 112 Å². The Balaban J connectivity index is 2.86. The van der Waals surface area contributed by atoms with Crippen molar-refractivity contribution in [2.75, 3.05) is 26.8 Å². The lowest BCUT2D eigenvalue weighted by Crippen LogP contribution is -2.54. The molecule has 1 aliphatic heterocycles. The molecule has 1 rings (SSSR count). The number of nitrogens with two attached hydrogens (primary N) is 1. The Morgan fingerprint density at radius 3 is 2.28 bits per heavy atom. The van der Waals surface area contributed by atoms with Crippen LogP contribution in [0.5, 0.6) is 0 Å². The number of rotatable bonds is 7. The van der Waals surface area contributed by atoms with Gasteiger partial charge in [-0.25, -0.2) is 0 Å². The van der Waals surface area contributed by atoms with Gasteiger partial charge in [0.2, 0.25) is 0 Å². The fourth-order valence-electron chi connectivity index (χ4n) is 3.13. The lowest BCUT2D eigenvalue weighted by Gasteiger charge is -2.41. The number of hydrogen-bond acceptors (Lipinski definition) is 4. The van der Waals surface area contributed by atoms with Gasteiger partial charge in [-0.2, -0.15) is 0 Å². The highest BCUT2D eigenvalue weighted by Gasteiger charge is 2.42. The summed E-state index contributed by atoms with van der Waals surface area (Å²) in [5.41, 5.74) is 6.17. The van der Waals surface area contributed by atoms with Crippen molar-refractivity contribution < 1.29 is 4.74 Å². The fraction of sp³-hybridized carbons (Fsp3) is 0.929. The highest BCUT2D eigenvalue weighted by molar-refractivity contribution is 5.81. The highest BCUT2D eigenvalue weighted by Crippen LogP contribution is 2.34. The first-order valence-electron chi connectivity index (χ1n) is 6.98. The van der Waals surface area contributed by atoms with Gasteiger partial charge in [-0.05, 0) is 24.7 Å². The van der Waals surface area contributed by atoms with Crippen LogP contribution in [0.2, 0.25) is 0 Å². The summed E-state index contributed by atoms with van der Waals surface area (Å²) in [5.74, 6) is 1.98. The van der Waals surface area contributed by atoms with Gasteiger partial charge in [-0.15, -0.1) is 0 Å². The first-order valence-corrected chi connectivity index (χ1v) is 6.98. The van der Waals surface area contributed by atoms with Crippen molar-refractivity contribution in [3.05, 3.63) is 0 Å². The molecule has 0 amide bonds. The van der Waals surface area contributed by atoms with Crippen LogP contribution in [-0.2, 0) is 4.74 Å². The van der Waals surface area contributed by atoms with Crippen molar-refractivity contribution in [2.45, 2.75) is 46.1 Å². The number of methoxy groups -OCH3 is 1. The minimum Gasteiger partial charge on any atom is -0.383 e. The Hall–Kier alpha value is -0.770. The number of nitrogens with zero attached hydrogens (tertiary/aromatic N) is 2. The summed E-state index contributed by atoms with van der Waals surface area (Å²) >= 11 is 0. The van der Waals surface area contributed by atoms with Crippen molar-refractivity contribution in [1.29, 1.82) is 0 Å². The van der Waals surface area contributed by atoms with Crippen molar-refractivity contribution in [2.24, 2.45) is 22.6 Å². The molecule has 106 valence electrons. The molecule has 18 heavy (non-hydrogen) atoms. The van der Waals surface area contributed by atoms with Crippen LogP contribution in [0, 0.1) is 11.8 Å². The Kier molecular flexibility index (Phi) is 5.45.